The van der Waals surface area contributed by atoms with Crippen molar-refractivity contribution in [2.45, 2.75) is 19.3 Å². The number of benzene rings is 6. The Balaban J connectivity index is 0.985. The molecule has 254 valence electrons. The van der Waals surface area contributed by atoms with Gasteiger partial charge in [0.05, 0.1) is 0 Å². The van der Waals surface area contributed by atoms with Gasteiger partial charge in [0.25, 0.3) is 0 Å². The molecule has 0 saturated heterocycles. The van der Waals surface area contributed by atoms with Crippen molar-refractivity contribution in [3.8, 4) is 45.6 Å². The molecule has 0 aliphatic rings. The molecule has 0 atom stereocenters. The molecule has 0 unspecified atom stereocenters. The Bertz CT molecular complexity index is 2070. The molecule has 0 N–H and O–H groups in total. The molecule has 0 aliphatic carbocycles. The highest BCUT2D eigenvalue weighted by Gasteiger charge is 2.24. The number of hydrogen-bond acceptors (Lipinski definition) is 9. The lowest BCUT2D eigenvalue weighted by atomic mass is 9.78. The fraction of sp³-hybridized carbons (Fsp3) is 0.0714. The quantitative estimate of drug-likeness (QED) is 0.109. The highest BCUT2D eigenvalue weighted by molar-refractivity contribution is 5.71. The molecule has 0 spiro atoms. The van der Waals surface area contributed by atoms with Crippen LogP contribution in [-0.2, 0) is 5.41 Å². The number of para-hydroxylation sites is 2. The van der Waals surface area contributed by atoms with Crippen molar-refractivity contribution in [1.29, 1.82) is 0 Å². The van der Waals surface area contributed by atoms with Gasteiger partial charge in [-0.25, -0.2) is 14.4 Å². The summed E-state index contributed by atoms with van der Waals surface area (Å²) in [6.07, 6.45) is -2.53. The topological polar surface area (TPSA) is 107 Å². The van der Waals surface area contributed by atoms with E-state index in [0.29, 0.717) is 34.5 Å². The molecule has 9 nitrogen and oxygen atoms in total. The molecule has 0 saturated carbocycles. The molecule has 6 aromatic rings. The fourth-order valence-corrected chi connectivity index (χ4v) is 5.09. The van der Waals surface area contributed by atoms with Gasteiger partial charge in [-0.15, -0.1) is 0 Å². The largest absolute Gasteiger partial charge is 0.519 e. The summed E-state index contributed by atoms with van der Waals surface area (Å²) in [5.41, 5.74) is 3.27. The first-order chi connectivity index (χ1) is 24.7. The van der Waals surface area contributed by atoms with Crippen LogP contribution in [-0.4, -0.2) is 18.5 Å². The van der Waals surface area contributed by atoms with Crippen LogP contribution >= 0.6 is 0 Å². The first-order valence-electron chi connectivity index (χ1n) is 15.9. The number of ether oxygens (including phenoxy) is 6. The number of carbonyl (C=O) groups excluding carboxylic acids is 3. The molecule has 51 heavy (non-hydrogen) atoms. The number of hydrogen-bond donors (Lipinski definition) is 0. The molecule has 9 heteroatoms. The Morgan fingerprint density at radius 3 is 0.843 bits per heavy atom. The van der Waals surface area contributed by atoms with Crippen molar-refractivity contribution in [1.82, 2.24) is 0 Å². The van der Waals surface area contributed by atoms with Gasteiger partial charge < -0.3 is 28.4 Å². The lowest BCUT2D eigenvalue weighted by Gasteiger charge is -2.26. The number of carbonyl (C=O) groups is 3. The molecule has 0 heterocycles. The fourth-order valence-electron chi connectivity index (χ4n) is 5.09. The Kier molecular flexibility index (Phi) is 10.4. The minimum atomic E-state index is -0.875. The highest BCUT2D eigenvalue weighted by Crippen LogP contribution is 2.34. The lowest BCUT2D eigenvalue weighted by molar-refractivity contribution is 0.150. The summed E-state index contributed by atoms with van der Waals surface area (Å²) in [4.78, 5) is 36.7. The van der Waals surface area contributed by atoms with Crippen molar-refractivity contribution < 1.29 is 42.8 Å². The second-order valence-electron chi connectivity index (χ2n) is 11.7. The second kappa shape index (κ2) is 15.6. The van der Waals surface area contributed by atoms with Crippen LogP contribution in [0.15, 0.2) is 158 Å². The summed E-state index contributed by atoms with van der Waals surface area (Å²) in [5.74, 6) is 2.12. The van der Waals surface area contributed by atoms with Crippen LogP contribution in [0.4, 0.5) is 14.4 Å². The van der Waals surface area contributed by atoms with Crippen LogP contribution in [0, 0.1) is 0 Å². The van der Waals surface area contributed by atoms with Gasteiger partial charge in [0, 0.05) is 5.41 Å². The van der Waals surface area contributed by atoms with Crippen molar-refractivity contribution in [3.05, 3.63) is 169 Å². The molecule has 0 amide bonds. The first kappa shape index (κ1) is 34.0. The van der Waals surface area contributed by atoms with Crippen molar-refractivity contribution in [2.75, 3.05) is 0 Å². The summed E-state index contributed by atoms with van der Waals surface area (Å²) < 4.78 is 31.7. The average molecular weight is 681 g/mol. The Labute approximate surface area is 294 Å². The lowest BCUT2D eigenvalue weighted by Crippen LogP contribution is -2.19. The van der Waals surface area contributed by atoms with Crippen LogP contribution < -0.4 is 28.4 Å². The Morgan fingerprint density at radius 2 is 0.569 bits per heavy atom. The molecular weight excluding hydrogens is 648 g/mol. The molecule has 6 rings (SSSR count). The van der Waals surface area contributed by atoms with Gasteiger partial charge in [0.15, 0.2) is 0 Å². The predicted octanol–water partition coefficient (Wildman–Crippen LogP) is 10.4. The van der Waals surface area contributed by atoms with Crippen LogP contribution in [0.1, 0.15) is 25.0 Å². The van der Waals surface area contributed by atoms with Gasteiger partial charge in [0.1, 0.15) is 34.5 Å². The van der Waals surface area contributed by atoms with Crippen LogP contribution in [0.25, 0.3) is 11.1 Å². The molecular formula is C42H32O9. The average Bonchev–Trinajstić information content (AvgIpc) is 3.13. The van der Waals surface area contributed by atoms with Gasteiger partial charge in [-0.2, -0.15) is 0 Å². The monoisotopic (exact) mass is 680 g/mol. The van der Waals surface area contributed by atoms with Crippen LogP contribution in [0.2, 0.25) is 0 Å². The normalized spacial score (nSPS) is 10.8. The van der Waals surface area contributed by atoms with Crippen molar-refractivity contribution in [2.24, 2.45) is 0 Å². The maximum Gasteiger partial charge on any atom is 0.519 e. The molecule has 0 bridgehead atoms. The van der Waals surface area contributed by atoms with Crippen LogP contribution in [0.5, 0.6) is 34.5 Å². The Morgan fingerprint density at radius 1 is 0.333 bits per heavy atom. The van der Waals surface area contributed by atoms with Gasteiger partial charge >= 0.3 is 18.5 Å². The number of rotatable bonds is 9. The molecule has 0 aromatic heterocycles. The van der Waals surface area contributed by atoms with Gasteiger partial charge in [-0.1, -0.05) is 98.8 Å². The summed E-state index contributed by atoms with van der Waals surface area (Å²) in [7, 11) is 0. The highest BCUT2D eigenvalue weighted by atomic mass is 16.7. The van der Waals surface area contributed by atoms with Crippen LogP contribution in [0.3, 0.4) is 0 Å². The second-order valence-corrected chi connectivity index (χ2v) is 11.7. The van der Waals surface area contributed by atoms with E-state index < -0.39 is 23.9 Å². The van der Waals surface area contributed by atoms with Crippen molar-refractivity contribution >= 4 is 18.5 Å². The molecule has 0 fully saturated rings. The van der Waals surface area contributed by atoms with E-state index in [9.17, 15) is 14.4 Å². The maximum absolute atomic E-state index is 12.6. The van der Waals surface area contributed by atoms with E-state index >= 15 is 0 Å². The summed E-state index contributed by atoms with van der Waals surface area (Å²) in [5, 5.41) is 0. The zero-order valence-corrected chi connectivity index (χ0v) is 27.7. The molecule has 6 aromatic carbocycles. The van der Waals surface area contributed by atoms with E-state index in [2.05, 4.69) is 13.8 Å². The molecule has 0 aliphatic heterocycles. The third-order valence-corrected chi connectivity index (χ3v) is 7.89. The van der Waals surface area contributed by atoms with E-state index in [4.69, 9.17) is 28.4 Å². The van der Waals surface area contributed by atoms with Gasteiger partial charge in [-0.05, 0) is 95.1 Å². The van der Waals surface area contributed by atoms with Crippen molar-refractivity contribution in [3.63, 3.8) is 0 Å². The third kappa shape index (κ3) is 9.18. The van der Waals surface area contributed by atoms with E-state index in [1.807, 2.05) is 36.4 Å². The van der Waals surface area contributed by atoms with E-state index in [-0.39, 0.29) is 0 Å². The SMILES string of the molecule is CC(C)(c1ccc(OC(=O)Oc2ccccc2)cc1)c1ccc(OC(=O)Oc2ccc(-c3ccc(OC(=O)Oc4ccccc4)cc3)cc2)cc1. The van der Waals surface area contributed by atoms with E-state index in [1.165, 1.54) is 0 Å². The van der Waals surface area contributed by atoms with E-state index in [0.717, 1.165) is 22.3 Å². The zero-order valence-electron chi connectivity index (χ0n) is 27.7. The third-order valence-electron chi connectivity index (χ3n) is 7.89. The minimum Gasteiger partial charge on any atom is -0.395 e. The van der Waals surface area contributed by atoms with E-state index in [1.54, 1.807) is 121 Å². The maximum atomic E-state index is 12.6. The predicted molar refractivity (Wildman–Crippen MR) is 190 cm³/mol. The van der Waals surface area contributed by atoms with Gasteiger partial charge in [0.2, 0.25) is 0 Å². The Hall–Kier alpha value is -6.87. The summed E-state index contributed by atoms with van der Waals surface area (Å²) >= 11 is 0. The first-order valence-corrected chi connectivity index (χ1v) is 15.9. The smallest absolute Gasteiger partial charge is 0.395 e. The minimum absolute atomic E-state index is 0.311. The summed E-state index contributed by atoms with van der Waals surface area (Å²) in [6.45, 7) is 4.12. The molecule has 0 radical (unpaired) electrons. The van der Waals surface area contributed by atoms with Gasteiger partial charge in [-0.3, -0.25) is 0 Å². The standard InChI is InChI=1S/C42H32O9/c1-42(2,31-17-25-37(26-18-31)50-40(44)47-34-11-7-4-8-12-34)32-19-27-38(28-20-32)51-41(45)49-36-23-15-30(16-24-36)29-13-21-35(22-14-29)48-39(43)46-33-9-5-3-6-10-33/h3-28H,1-2H3. The summed E-state index contributed by atoms with van der Waals surface area (Å²) in [6, 6.07) is 45.5. The zero-order chi connectivity index (χ0) is 35.6.